The van der Waals surface area contributed by atoms with Gasteiger partial charge in [0, 0.05) is 30.0 Å². The van der Waals surface area contributed by atoms with Crippen LogP contribution in [0.4, 0.5) is 5.69 Å². The van der Waals surface area contributed by atoms with Crippen molar-refractivity contribution in [2.75, 3.05) is 18.0 Å². The summed E-state index contributed by atoms with van der Waals surface area (Å²) >= 11 is 0. The van der Waals surface area contributed by atoms with Gasteiger partial charge >= 0.3 is 0 Å². The number of hydrogen-bond donors (Lipinski definition) is 2. The molecule has 0 atom stereocenters. The van der Waals surface area contributed by atoms with E-state index in [1.54, 1.807) is 0 Å². The summed E-state index contributed by atoms with van der Waals surface area (Å²) in [5, 5.41) is 0. The molecule has 2 aliphatic heterocycles. The smallest absolute Gasteiger partial charge is 0.260 e. The average Bonchev–Trinajstić information content (AvgIpc) is 3.19. The molecule has 0 amide bonds. The highest BCUT2D eigenvalue weighted by atomic mass is 16.1. The molecule has 5 nitrogen and oxygen atoms in total. The first-order chi connectivity index (χ1) is 13.7. The minimum absolute atomic E-state index is 0.109. The van der Waals surface area contributed by atoms with Gasteiger partial charge in [0.1, 0.15) is 5.82 Å². The van der Waals surface area contributed by atoms with E-state index in [4.69, 9.17) is 4.98 Å². The standard InChI is InChI=1S/C23H24N4O/c1-2-15-10-12-27(13-11-15)16-8-9-19-20(14-16)25-22(24-19)21-17-6-4-3-5-7-18(17)26-23(21)28/h3-9,14-15H,2,10-13H2,1H3,(H,24,25)(H,26,28). The molecule has 0 saturated carbocycles. The lowest BCUT2D eigenvalue weighted by molar-refractivity contribution is 0.395. The Morgan fingerprint density at radius 1 is 1.07 bits per heavy atom. The summed E-state index contributed by atoms with van der Waals surface area (Å²) in [5.41, 5.74) is 5.29. The van der Waals surface area contributed by atoms with Gasteiger partial charge in [-0.25, -0.2) is 4.98 Å². The second-order valence-electron chi connectivity index (χ2n) is 7.69. The molecule has 3 heterocycles. The first kappa shape index (κ1) is 17.0. The highest BCUT2D eigenvalue weighted by molar-refractivity contribution is 5.87. The maximum absolute atomic E-state index is 12.6. The number of nitrogens with one attached hydrogen (secondary N) is 2. The summed E-state index contributed by atoms with van der Waals surface area (Å²) in [7, 11) is 0. The lowest BCUT2D eigenvalue weighted by Crippen LogP contribution is -2.33. The molecule has 5 rings (SSSR count). The van der Waals surface area contributed by atoms with E-state index in [1.807, 2.05) is 30.3 Å². The zero-order valence-electron chi connectivity index (χ0n) is 16.0. The van der Waals surface area contributed by atoms with Crippen molar-refractivity contribution in [1.29, 1.82) is 0 Å². The van der Waals surface area contributed by atoms with E-state index in [9.17, 15) is 4.79 Å². The van der Waals surface area contributed by atoms with Crippen LogP contribution in [0.3, 0.4) is 0 Å². The highest BCUT2D eigenvalue weighted by Crippen LogP contribution is 2.31. The van der Waals surface area contributed by atoms with Gasteiger partial charge in [0.25, 0.3) is 5.56 Å². The molecule has 1 aromatic carbocycles. The maximum Gasteiger partial charge on any atom is 0.260 e. The van der Waals surface area contributed by atoms with Crippen LogP contribution in [0, 0.1) is 5.92 Å². The van der Waals surface area contributed by atoms with E-state index < -0.39 is 0 Å². The van der Waals surface area contributed by atoms with E-state index in [0.29, 0.717) is 11.4 Å². The summed E-state index contributed by atoms with van der Waals surface area (Å²) in [6, 6.07) is 16.1. The molecule has 5 heteroatoms. The Hall–Kier alpha value is -3.08. The van der Waals surface area contributed by atoms with Crippen LogP contribution < -0.4 is 10.5 Å². The van der Waals surface area contributed by atoms with Gasteiger partial charge in [-0.1, -0.05) is 37.6 Å². The number of nitrogens with zero attached hydrogens (tertiary/aromatic N) is 2. The fraction of sp³-hybridized carbons (Fsp3) is 0.304. The fourth-order valence-electron chi connectivity index (χ4n) is 4.33. The number of fused-ring (bicyclic) bond motifs is 2. The quantitative estimate of drug-likeness (QED) is 0.550. The van der Waals surface area contributed by atoms with E-state index >= 15 is 0 Å². The third kappa shape index (κ3) is 2.87. The Morgan fingerprint density at radius 2 is 1.89 bits per heavy atom. The Labute approximate surface area is 163 Å². The number of benzene rings is 1. The van der Waals surface area contributed by atoms with Crippen molar-refractivity contribution in [1.82, 2.24) is 15.0 Å². The molecule has 28 heavy (non-hydrogen) atoms. The molecule has 1 fully saturated rings. The minimum atomic E-state index is -0.109. The van der Waals surface area contributed by atoms with Gasteiger partial charge in [0.05, 0.1) is 16.6 Å². The summed E-state index contributed by atoms with van der Waals surface area (Å²) in [6.45, 7) is 4.50. The van der Waals surface area contributed by atoms with Gasteiger partial charge in [-0.15, -0.1) is 0 Å². The lowest BCUT2D eigenvalue weighted by atomic mass is 9.94. The predicted octanol–water partition coefficient (Wildman–Crippen LogP) is 4.65. The van der Waals surface area contributed by atoms with Crippen molar-refractivity contribution >= 4 is 16.7 Å². The monoisotopic (exact) mass is 372 g/mol. The van der Waals surface area contributed by atoms with Crippen molar-refractivity contribution < 1.29 is 0 Å². The third-order valence-corrected chi connectivity index (χ3v) is 6.04. The minimum Gasteiger partial charge on any atom is -0.371 e. The number of piperidine rings is 1. The number of anilines is 1. The summed E-state index contributed by atoms with van der Waals surface area (Å²) < 4.78 is 0. The second kappa shape index (κ2) is 6.82. The zero-order chi connectivity index (χ0) is 19.1. The number of imidazole rings is 1. The number of aromatic amines is 2. The Morgan fingerprint density at radius 3 is 2.71 bits per heavy atom. The molecule has 1 aliphatic carbocycles. The average molecular weight is 372 g/mol. The number of rotatable bonds is 3. The Kier molecular flexibility index (Phi) is 4.15. The van der Waals surface area contributed by atoms with Crippen molar-refractivity contribution in [3.8, 4) is 22.6 Å². The second-order valence-corrected chi connectivity index (χ2v) is 7.69. The normalized spacial score (nSPS) is 15.5. The van der Waals surface area contributed by atoms with Crippen molar-refractivity contribution in [3.05, 3.63) is 58.9 Å². The molecule has 3 aliphatic rings. The molecule has 0 radical (unpaired) electrons. The molecule has 2 aromatic rings. The number of H-pyrrole nitrogens is 2. The molecular weight excluding hydrogens is 348 g/mol. The molecular formula is C23H24N4O. The van der Waals surface area contributed by atoms with Crippen molar-refractivity contribution in [3.63, 3.8) is 0 Å². The largest absolute Gasteiger partial charge is 0.371 e. The summed E-state index contributed by atoms with van der Waals surface area (Å²) in [4.78, 5) is 26.0. The zero-order valence-corrected chi connectivity index (χ0v) is 16.0. The molecule has 1 aromatic heterocycles. The number of aromatic nitrogens is 3. The predicted molar refractivity (Wildman–Crippen MR) is 114 cm³/mol. The van der Waals surface area contributed by atoms with Gasteiger partial charge in [-0.3, -0.25) is 4.79 Å². The van der Waals surface area contributed by atoms with Crippen LogP contribution in [-0.4, -0.2) is 28.0 Å². The van der Waals surface area contributed by atoms with Gasteiger partial charge in [0.15, 0.2) is 0 Å². The first-order valence-corrected chi connectivity index (χ1v) is 10.1. The molecule has 0 bridgehead atoms. The first-order valence-electron chi connectivity index (χ1n) is 10.1. The summed E-state index contributed by atoms with van der Waals surface area (Å²) in [6.07, 6.45) is 3.79. The lowest BCUT2D eigenvalue weighted by Gasteiger charge is -2.33. The van der Waals surface area contributed by atoms with Crippen LogP contribution >= 0.6 is 0 Å². The van der Waals surface area contributed by atoms with Gasteiger partial charge in [0.2, 0.25) is 0 Å². The summed E-state index contributed by atoms with van der Waals surface area (Å²) in [5.74, 6) is 1.48. The van der Waals surface area contributed by atoms with Gasteiger partial charge in [-0.2, -0.15) is 0 Å². The van der Waals surface area contributed by atoms with E-state index in [0.717, 1.165) is 41.3 Å². The molecule has 1 saturated heterocycles. The fourth-order valence-corrected chi connectivity index (χ4v) is 4.33. The van der Waals surface area contributed by atoms with E-state index in [2.05, 4.69) is 40.0 Å². The van der Waals surface area contributed by atoms with Crippen LogP contribution in [0.5, 0.6) is 0 Å². The Balaban J connectivity index is 1.52. The van der Waals surface area contributed by atoms with Crippen LogP contribution in [0.25, 0.3) is 33.7 Å². The van der Waals surface area contributed by atoms with Gasteiger partial charge < -0.3 is 14.9 Å². The number of hydrogen-bond acceptors (Lipinski definition) is 3. The van der Waals surface area contributed by atoms with Crippen LogP contribution in [0.2, 0.25) is 0 Å². The molecule has 142 valence electrons. The SMILES string of the molecule is CCC1CCN(c2ccc3nc(-c4c5cccccc-5[nH]c4=O)[nH]c3c2)CC1. The van der Waals surface area contributed by atoms with E-state index in [-0.39, 0.29) is 5.56 Å². The van der Waals surface area contributed by atoms with Gasteiger partial charge in [-0.05, 0) is 43.0 Å². The van der Waals surface area contributed by atoms with Crippen LogP contribution in [-0.2, 0) is 0 Å². The molecule has 0 unspecified atom stereocenters. The van der Waals surface area contributed by atoms with Crippen LogP contribution in [0.15, 0.2) is 53.3 Å². The third-order valence-electron chi connectivity index (χ3n) is 6.04. The maximum atomic E-state index is 12.6. The topological polar surface area (TPSA) is 64.8 Å². The highest BCUT2D eigenvalue weighted by Gasteiger charge is 2.21. The molecule has 2 N–H and O–H groups in total. The van der Waals surface area contributed by atoms with Crippen molar-refractivity contribution in [2.24, 2.45) is 5.92 Å². The Bertz CT molecular complexity index is 1150. The molecule has 0 spiro atoms. The van der Waals surface area contributed by atoms with E-state index in [1.165, 1.54) is 24.9 Å². The van der Waals surface area contributed by atoms with Crippen LogP contribution in [0.1, 0.15) is 26.2 Å². The van der Waals surface area contributed by atoms with Crippen molar-refractivity contribution in [2.45, 2.75) is 26.2 Å².